The van der Waals surface area contributed by atoms with Crippen molar-refractivity contribution in [3.05, 3.63) is 18.0 Å². The summed E-state index contributed by atoms with van der Waals surface area (Å²) in [6.45, 7) is 3.84. The molecule has 4 heteroatoms. The fourth-order valence-corrected chi connectivity index (χ4v) is 5.19. The fourth-order valence-electron chi connectivity index (χ4n) is 5.19. The topological polar surface area (TPSA) is 49.8 Å². The van der Waals surface area contributed by atoms with Crippen molar-refractivity contribution in [3.63, 3.8) is 0 Å². The lowest BCUT2D eigenvalue weighted by molar-refractivity contribution is -0.0142. The maximum absolute atomic E-state index is 4.36. The van der Waals surface area contributed by atoms with E-state index in [1.807, 2.05) is 12.4 Å². The molecule has 0 saturated heterocycles. The average molecular weight is 286 g/mol. The number of nitrogens with zero attached hydrogens (tertiary/aromatic N) is 2. The Bertz CT molecular complexity index is 456. The van der Waals surface area contributed by atoms with Crippen molar-refractivity contribution in [2.24, 2.45) is 23.7 Å². The van der Waals surface area contributed by atoms with Crippen molar-refractivity contribution in [2.45, 2.75) is 51.6 Å². The molecule has 4 aliphatic carbocycles. The van der Waals surface area contributed by atoms with E-state index in [1.54, 1.807) is 0 Å². The molecule has 0 aromatic carbocycles. The Hall–Kier alpha value is -1.16. The van der Waals surface area contributed by atoms with Gasteiger partial charge in [-0.3, -0.25) is 0 Å². The van der Waals surface area contributed by atoms with E-state index in [0.717, 1.165) is 48.8 Å². The zero-order chi connectivity index (χ0) is 14.2. The Morgan fingerprint density at radius 2 is 1.62 bits per heavy atom. The first-order valence-electron chi connectivity index (χ1n) is 8.60. The van der Waals surface area contributed by atoms with Crippen LogP contribution in [0.15, 0.2) is 12.4 Å². The second-order valence-corrected chi connectivity index (χ2v) is 7.28. The van der Waals surface area contributed by atoms with E-state index < -0.39 is 0 Å². The van der Waals surface area contributed by atoms with Crippen LogP contribution in [0.3, 0.4) is 0 Å². The molecule has 0 aliphatic heterocycles. The van der Waals surface area contributed by atoms with Gasteiger partial charge in [0.2, 0.25) is 5.95 Å². The van der Waals surface area contributed by atoms with Crippen molar-refractivity contribution in [1.82, 2.24) is 15.3 Å². The van der Waals surface area contributed by atoms with Crippen LogP contribution in [0.4, 0.5) is 5.95 Å². The SMILES string of the molecule is CCNc1ncc(CNC2C3CC4CC(C3)CC2C4)cn1. The van der Waals surface area contributed by atoms with E-state index in [2.05, 4.69) is 27.5 Å². The lowest BCUT2D eigenvalue weighted by atomic mass is 9.54. The van der Waals surface area contributed by atoms with Crippen LogP contribution in [-0.2, 0) is 6.54 Å². The lowest BCUT2D eigenvalue weighted by Crippen LogP contribution is -2.54. The summed E-state index contributed by atoms with van der Waals surface area (Å²) in [6, 6.07) is 0.742. The van der Waals surface area contributed by atoms with Gasteiger partial charge in [0.05, 0.1) is 0 Å². The molecule has 0 atom stereocenters. The van der Waals surface area contributed by atoms with Crippen LogP contribution in [0.5, 0.6) is 0 Å². The Morgan fingerprint density at radius 3 is 2.19 bits per heavy atom. The summed E-state index contributed by atoms with van der Waals surface area (Å²) >= 11 is 0. The Labute approximate surface area is 127 Å². The third-order valence-corrected chi connectivity index (χ3v) is 5.81. The summed E-state index contributed by atoms with van der Waals surface area (Å²) in [5, 5.41) is 6.97. The molecule has 1 aromatic rings. The van der Waals surface area contributed by atoms with Crippen molar-refractivity contribution in [2.75, 3.05) is 11.9 Å². The van der Waals surface area contributed by atoms with Crippen LogP contribution in [0.1, 0.15) is 44.6 Å². The smallest absolute Gasteiger partial charge is 0.222 e. The van der Waals surface area contributed by atoms with Gasteiger partial charge in [0.25, 0.3) is 0 Å². The number of hydrogen-bond donors (Lipinski definition) is 2. The minimum absolute atomic E-state index is 0.732. The van der Waals surface area contributed by atoms with Crippen LogP contribution < -0.4 is 10.6 Å². The van der Waals surface area contributed by atoms with Crippen LogP contribution in [0.25, 0.3) is 0 Å². The monoisotopic (exact) mass is 286 g/mol. The van der Waals surface area contributed by atoms with Crippen LogP contribution in [0, 0.1) is 23.7 Å². The molecule has 0 unspecified atom stereocenters. The van der Waals surface area contributed by atoms with Crippen LogP contribution >= 0.6 is 0 Å². The van der Waals surface area contributed by atoms with Crippen LogP contribution in [-0.4, -0.2) is 22.6 Å². The zero-order valence-electron chi connectivity index (χ0n) is 12.9. The van der Waals surface area contributed by atoms with Gasteiger partial charge in [0, 0.05) is 37.1 Å². The first-order valence-corrected chi connectivity index (χ1v) is 8.60. The van der Waals surface area contributed by atoms with Gasteiger partial charge in [0.1, 0.15) is 0 Å². The summed E-state index contributed by atoms with van der Waals surface area (Å²) < 4.78 is 0. The molecule has 0 spiro atoms. The Kier molecular flexibility index (Phi) is 3.57. The molecule has 21 heavy (non-hydrogen) atoms. The Morgan fingerprint density at radius 1 is 1.00 bits per heavy atom. The molecule has 4 aliphatic rings. The van der Waals surface area contributed by atoms with E-state index >= 15 is 0 Å². The van der Waals surface area contributed by atoms with Gasteiger partial charge in [0.15, 0.2) is 0 Å². The Balaban J connectivity index is 1.36. The number of aromatic nitrogens is 2. The molecule has 0 amide bonds. The third-order valence-electron chi connectivity index (χ3n) is 5.81. The molecule has 2 N–H and O–H groups in total. The van der Waals surface area contributed by atoms with E-state index in [1.165, 1.54) is 37.7 Å². The summed E-state index contributed by atoms with van der Waals surface area (Å²) in [4.78, 5) is 8.72. The van der Waals surface area contributed by atoms with Gasteiger partial charge in [-0.25, -0.2) is 9.97 Å². The van der Waals surface area contributed by atoms with E-state index in [-0.39, 0.29) is 0 Å². The quantitative estimate of drug-likeness (QED) is 0.874. The number of hydrogen-bond acceptors (Lipinski definition) is 4. The molecule has 1 heterocycles. The molecule has 4 bridgehead atoms. The standard InChI is InChI=1S/C17H26N4/c1-2-18-17-20-9-13(10-21-17)8-19-16-14-4-11-3-12(6-14)7-15(16)5-11/h9-12,14-16,19H,2-8H2,1H3,(H,18,20,21). The summed E-state index contributed by atoms with van der Waals surface area (Å²) in [7, 11) is 0. The first kappa shape index (κ1) is 13.5. The van der Waals surface area contributed by atoms with Crippen LogP contribution in [0.2, 0.25) is 0 Å². The minimum atomic E-state index is 0.732. The molecule has 114 valence electrons. The molecular weight excluding hydrogens is 260 g/mol. The number of rotatable bonds is 5. The molecule has 5 rings (SSSR count). The summed E-state index contributed by atoms with van der Waals surface area (Å²) in [5.74, 6) is 4.70. The van der Waals surface area contributed by atoms with Crippen molar-refractivity contribution >= 4 is 5.95 Å². The minimum Gasteiger partial charge on any atom is -0.355 e. The van der Waals surface area contributed by atoms with Gasteiger partial charge >= 0.3 is 0 Å². The largest absolute Gasteiger partial charge is 0.355 e. The van der Waals surface area contributed by atoms with Gasteiger partial charge in [-0.15, -0.1) is 0 Å². The second-order valence-electron chi connectivity index (χ2n) is 7.28. The van der Waals surface area contributed by atoms with E-state index in [9.17, 15) is 0 Å². The predicted octanol–water partition coefficient (Wildman–Crippen LogP) is 2.82. The summed E-state index contributed by atoms with van der Waals surface area (Å²) in [5.41, 5.74) is 1.20. The van der Waals surface area contributed by atoms with E-state index in [4.69, 9.17) is 0 Å². The normalized spacial score (nSPS) is 36.9. The second kappa shape index (κ2) is 5.56. The average Bonchev–Trinajstić information content (AvgIpc) is 2.48. The van der Waals surface area contributed by atoms with Gasteiger partial charge in [-0.1, -0.05) is 0 Å². The lowest BCUT2D eigenvalue weighted by Gasteiger charge is -2.54. The molecule has 1 aromatic heterocycles. The highest BCUT2D eigenvalue weighted by Crippen LogP contribution is 2.53. The third kappa shape index (κ3) is 2.66. The van der Waals surface area contributed by atoms with Crippen molar-refractivity contribution in [3.8, 4) is 0 Å². The van der Waals surface area contributed by atoms with E-state index in [0.29, 0.717) is 0 Å². The van der Waals surface area contributed by atoms with Gasteiger partial charge in [-0.2, -0.15) is 0 Å². The maximum Gasteiger partial charge on any atom is 0.222 e. The molecule has 0 radical (unpaired) electrons. The highest BCUT2D eigenvalue weighted by atomic mass is 15.1. The fraction of sp³-hybridized carbons (Fsp3) is 0.765. The molecule has 4 saturated carbocycles. The first-order chi connectivity index (χ1) is 10.3. The molecular formula is C17H26N4. The van der Waals surface area contributed by atoms with Gasteiger partial charge in [-0.05, 0) is 62.7 Å². The zero-order valence-corrected chi connectivity index (χ0v) is 12.9. The summed E-state index contributed by atoms with van der Waals surface area (Å²) in [6.07, 6.45) is 11.3. The highest BCUT2D eigenvalue weighted by molar-refractivity contribution is 5.24. The predicted molar refractivity (Wildman–Crippen MR) is 83.9 cm³/mol. The van der Waals surface area contributed by atoms with Gasteiger partial charge < -0.3 is 10.6 Å². The molecule has 4 fully saturated rings. The molecule has 4 nitrogen and oxygen atoms in total. The maximum atomic E-state index is 4.36. The van der Waals surface area contributed by atoms with Crippen molar-refractivity contribution in [1.29, 1.82) is 0 Å². The number of anilines is 1. The highest BCUT2D eigenvalue weighted by Gasteiger charge is 2.47. The number of nitrogens with one attached hydrogen (secondary N) is 2. The van der Waals surface area contributed by atoms with Crippen molar-refractivity contribution < 1.29 is 0 Å².